The first-order valence-electron chi connectivity index (χ1n) is 10.6. The summed E-state index contributed by atoms with van der Waals surface area (Å²) in [6, 6.07) is 16.9. The number of hydrogen-bond donors (Lipinski definition) is 2. The van der Waals surface area contributed by atoms with Crippen molar-refractivity contribution in [2.75, 3.05) is 6.61 Å². The van der Waals surface area contributed by atoms with Crippen LogP contribution in [0.4, 0.5) is 5.00 Å². The van der Waals surface area contributed by atoms with Crippen LogP contribution in [0.1, 0.15) is 44.8 Å². The van der Waals surface area contributed by atoms with Gasteiger partial charge in [-0.15, -0.1) is 11.3 Å². The van der Waals surface area contributed by atoms with Gasteiger partial charge in [-0.25, -0.2) is 9.79 Å². The Morgan fingerprint density at radius 3 is 2.56 bits per heavy atom. The predicted molar refractivity (Wildman–Crippen MR) is 125 cm³/mol. The number of thiophene rings is 1. The molecule has 1 aliphatic carbocycles. The van der Waals surface area contributed by atoms with Crippen LogP contribution in [0.2, 0.25) is 0 Å². The number of hydrogen-bond acceptors (Lipinski definition) is 5. The second-order valence-electron chi connectivity index (χ2n) is 7.57. The number of nitrogens with zero attached hydrogens (tertiary/aromatic N) is 1. The molecule has 3 aromatic rings. The maximum Gasteiger partial charge on any atom is 0.341 e. The number of nitrogens with one attached hydrogen (secondary N) is 1. The molecule has 6 nitrogen and oxygen atoms in total. The number of aliphatic imine (C=N–C) groups is 1. The molecule has 0 saturated carbocycles. The monoisotopic (exact) mass is 448 g/mol. The number of carbonyl (C=O) groups excluding carboxylic acids is 1. The average molecular weight is 449 g/mol. The van der Waals surface area contributed by atoms with Gasteiger partial charge in [0.25, 0.3) is 5.91 Å². The highest BCUT2D eigenvalue weighted by molar-refractivity contribution is 7.16. The fourth-order valence-electron chi connectivity index (χ4n) is 3.67. The van der Waals surface area contributed by atoms with Gasteiger partial charge in [-0.05, 0) is 66.6 Å². The van der Waals surface area contributed by atoms with Gasteiger partial charge in [0, 0.05) is 17.6 Å². The number of rotatable bonds is 8. The molecule has 4 rings (SSSR count). The Bertz CT molecular complexity index is 1120. The molecule has 1 aliphatic rings. The van der Waals surface area contributed by atoms with Crippen molar-refractivity contribution in [3.63, 3.8) is 0 Å². The molecule has 0 fully saturated rings. The van der Waals surface area contributed by atoms with Gasteiger partial charge >= 0.3 is 5.97 Å². The van der Waals surface area contributed by atoms with Crippen LogP contribution in [-0.2, 0) is 24.2 Å². The SMILES string of the molecule is O=C(O)COc1ccc(C=Nc2sc3c(c2C(=O)NCc2ccccc2)CCCC3)cc1. The summed E-state index contributed by atoms with van der Waals surface area (Å²) in [7, 11) is 0. The first-order chi connectivity index (χ1) is 15.6. The van der Waals surface area contributed by atoms with Crippen molar-refractivity contribution in [2.45, 2.75) is 32.2 Å². The molecule has 1 amide bonds. The molecule has 164 valence electrons. The topological polar surface area (TPSA) is 88.0 Å². The first-order valence-corrected chi connectivity index (χ1v) is 11.4. The normalized spacial score (nSPS) is 13.0. The minimum atomic E-state index is -1.02. The average Bonchev–Trinajstić information content (AvgIpc) is 3.19. The molecule has 2 N–H and O–H groups in total. The summed E-state index contributed by atoms with van der Waals surface area (Å²) < 4.78 is 5.16. The molecule has 7 heteroatoms. The van der Waals surface area contributed by atoms with Crippen molar-refractivity contribution in [2.24, 2.45) is 4.99 Å². The summed E-state index contributed by atoms with van der Waals surface area (Å²) in [5.74, 6) is -0.620. The van der Waals surface area contributed by atoms with E-state index in [1.54, 1.807) is 29.7 Å². The third-order valence-electron chi connectivity index (χ3n) is 5.25. The maximum absolute atomic E-state index is 13.1. The number of carboxylic acids is 1. The van der Waals surface area contributed by atoms with Crippen molar-refractivity contribution in [3.05, 3.63) is 81.7 Å². The van der Waals surface area contributed by atoms with Crippen LogP contribution in [0.15, 0.2) is 59.6 Å². The molecule has 0 aliphatic heterocycles. The number of ether oxygens (including phenoxy) is 1. The molecule has 1 heterocycles. The zero-order valence-electron chi connectivity index (χ0n) is 17.5. The number of carboxylic acid groups (broad SMARTS) is 1. The highest BCUT2D eigenvalue weighted by Crippen LogP contribution is 2.39. The molecule has 32 heavy (non-hydrogen) atoms. The van der Waals surface area contributed by atoms with E-state index in [1.807, 2.05) is 42.5 Å². The van der Waals surface area contributed by atoms with Crippen LogP contribution in [-0.4, -0.2) is 29.8 Å². The number of fused-ring (bicyclic) bond motifs is 1. The third kappa shape index (κ3) is 5.42. The van der Waals surface area contributed by atoms with Crippen LogP contribution in [0, 0.1) is 0 Å². The summed E-state index contributed by atoms with van der Waals surface area (Å²) >= 11 is 1.60. The molecule has 0 spiro atoms. The fourth-order valence-corrected chi connectivity index (χ4v) is 4.90. The Hall–Kier alpha value is -3.45. The Balaban J connectivity index is 1.52. The van der Waals surface area contributed by atoms with Crippen molar-refractivity contribution in [1.82, 2.24) is 5.32 Å². The molecular formula is C25H24N2O4S. The Labute approximate surface area is 190 Å². The minimum absolute atomic E-state index is 0.0854. The zero-order valence-corrected chi connectivity index (χ0v) is 18.4. The number of amides is 1. The van der Waals surface area contributed by atoms with Crippen molar-refractivity contribution < 1.29 is 19.4 Å². The van der Waals surface area contributed by atoms with Crippen molar-refractivity contribution in [3.8, 4) is 5.75 Å². The Kier molecular flexibility index (Phi) is 6.97. The van der Waals surface area contributed by atoms with Gasteiger partial charge in [0.1, 0.15) is 10.8 Å². The van der Waals surface area contributed by atoms with Gasteiger partial charge in [0.2, 0.25) is 0 Å². The molecule has 1 aromatic heterocycles. The van der Waals surface area contributed by atoms with E-state index < -0.39 is 5.97 Å². The standard InChI is InChI=1S/C25H24N2O4S/c28-22(29)16-31-19-12-10-18(11-13-19)15-27-25-23(20-8-4-5-9-21(20)32-25)24(30)26-14-17-6-2-1-3-7-17/h1-3,6-7,10-13,15H,4-5,8-9,14,16H2,(H,26,30)(H,28,29). The fraction of sp³-hybridized carbons (Fsp3) is 0.240. The highest BCUT2D eigenvalue weighted by atomic mass is 32.1. The Morgan fingerprint density at radius 2 is 1.81 bits per heavy atom. The van der Waals surface area contributed by atoms with Crippen LogP contribution in [0.25, 0.3) is 0 Å². The summed E-state index contributed by atoms with van der Waals surface area (Å²) in [6.45, 7) is 0.0981. The molecule has 2 aromatic carbocycles. The lowest BCUT2D eigenvalue weighted by molar-refractivity contribution is -0.139. The lowest BCUT2D eigenvalue weighted by Gasteiger charge is -2.12. The Morgan fingerprint density at radius 1 is 1.06 bits per heavy atom. The van der Waals surface area contributed by atoms with E-state index in [1.165, 1.54) is 4.88 Å². The van der Waals surface area contributed by atoms with E-state index >= 15 is 0 Å². The third-order valence-corrected chi connectivity index (χ3v) is 6.45. The molecule has 0 radical (unpaired) electrons. The van der Waals surface area contributed by atoms with Gasteiger partial charge in [-0.3, -0.25) is 4.79 Å². The number of aliphatic carboxylic acids is 1. The van der Waals surface area contributed by atoms with E-state index in [4.69, 9.17) is 9.84 Å². The largest absolute Gasteiger partial charge is 0.482 e. The molecule has 0 bridgehead atoms. The number of aryl methyl sites for hydroxylation is 1. The predicted octanol–water partition coefficient (Wildman–Crippen LogP) is 4.77. The number of benzene rings is 2. The maximum atomic E-state index is 13.1. The van der Waals surface area contributed by atoms with Gasteiger partial charge in [-0.2, -0.15) is 0 Å². The second kappa shape index (κ2) is 10.2. The first kappa shape index (κ1) is 21.8. The highest BCUT2D eigenvalue weighted by Gasteiger charge is 2.25. The van der Waals surface area contributed by atoms with E-state index in [0.717, 1.165) is 47.4 Å². The van der Waals surface area contributed by atoms with E-state index in [2.05, 4.69) is 10.3 Å². The quantitative estimate of drug-likeness (QED) is 0.486. The zero-order chi connectivity index (χ0) is 22.3. The van der Waals surface area contributed by atoms with Crippen molar-refractivity contribution >= 4 is 34.4 Å². The van der Waals surface area contributed by atoms with Gasteiger partial charge in [0.05, 0.1) is 5.56 Å². The van der Waals surface area contributed by atoms with E-state index in [-0.39, 0.29) is 12.5 Å². The summed E-state index contributed by atoms with van der Waals surface area (Å²) in [5, 5.41) is 12.5. The summed E-state index contributed by atoms with van der Waals surface area (Å²) in [4.78, 5) is 29.6. The van der Waals surface area contributed by atoms with Gasteiger partial charge in [0.15, 0.2) is 6.61 Å². The van der Waals surface area contributed by atoms with Crippen LogP contribution >= 0.6 is 11.3 Å². The molecular weight excluding hydrogens is 424 g/mol. The summed E-state index contributed by atoms with van der Waals surface area (Å²) in [6.07, 6.45) is 5.85. The van der Waals surface area contributed by atoms with Crippen molar-refractivity contribution in [1.29, 1.82) is 0 Å². The lowest BCUT2D eigenvalue weighted by atomic mass is 9.95. The second-order valence-corrected chi connectivity index (χ2v) is 8.65. The van der Waals surface area contributed by atoms with E-state index in [0.29, 0.717) is 17.9 Å². The van der Waals surface area contributed by atoms with Gasteiger partial charge < -0.3 is 15.2 Å². The summed E-state index contributed by atoms with van der Waals surface area (Å²) in [5.41, 5.74) is 3.73. The van der Waals surface area contributed by atoms with Crippen LogP contribution in [0.5, 0.6) is 5.75 Å². The van der Waals surface area contributed by atoms with Gasteiger partial charge in [-0.1, -0.05) is 30.3 Å². The molecule has 0 saturated heterocycles. The van der Waals surface area contributed by atoms with E-state index in [9.17, 15) is 9.59 Å². The minimum Gasteiger partial charge on any atom is -0.482 e. The lowest BCUT2D eigenvalue weighted by Crippen LogP contribution is -2.24. The smallest absolute Gasteiger partial charge is 0.341 e. The van der Waals surface area contributed by atoms with Crippen LogP contribution in [0.3, 0.4) is 0 Å². The number of carbonyl (C=O) groups is 2. The van der Waals surface area contributed by atoms with Crippen LogP contribution < -0.4 is 10.1 Å². The molecule has 0 atom stereocenters. The molecule has 0 unspecified atom stereocenters.